The fourth-order valence-corrected chi connectivity index (χ4v) is 0.969. The van der Waals surface area contributed by atoms with Gasteiger partial charge in [-0.25, -0.2) is 4.98 Å². The van der Waals surface area contributed by atoms with Gasteiger partial charge in [0.15, 0.2) is 5.75 Å². The lowest BCUT2D eigenvalue weighted by molar-refractivity contribution is -0.274. The summed E-state index contributed by atoms with van der Waals surface area (Å²) in [5, 5.41) is 17.3. The molecule has 0 fully saturated rings. The summed E-state index contributed by atoms with van der Waals surface area (Å²) in [6.45, 7) is -0.685. The number of aromatic nitrogens is 1. The number of aliphatic hydroxyl groups excluding tert-OH is 1. The van der Waals surface area contributed by atoms with Gasteiger partial charge in [-0.1, -0.05) is 0 Å². The summed E-state index contributed by atoms with van der Waals surface area (Å²) < 4.78 is 39.4. The van der Waals surface area contributed by atoms with Crippen LogP contribution in [0.25, 0.3) is 0 Å². The van der Waals surface area contributed by atoms with Gasteiger partial charge in [0.1, 0.15) is 11.8 Å². The zero-order valence-corrected chi connectivity index (χ0v) is 7.75. The van der Waals surface area contributed by atoms with E-state index in [1.165, 1.54) is 6.07 Å². The molecule has 0 saturated heterocycles. The van der Waals surface area contributed by atoms with Crippen LogP contribution in [0, 0.1) is 11.3 Å². The highest BCUT2D eigenvalue weighted by Crippen LogP contribution is 2.30. The first-order chi connectivity index (χ1) is 7.37. The summed E-state index contributed by atoms with van der Waals surface area (Å²) in [5.74, 6) is -0.747. The molecular weight excluding hydrogens is 227 g/mol. The van der Waals surface area contributed by atoms with Gasteiger partial charge in [0.25, 0.3) is 0 Å². The van der Waals surface area contributed by atoms with Crippen molar-refractivity contribution >= 4 is 5.69 Å². The van der Waals surface area contributed by atoms with E-state index in [0.717, 1.165) is 6.07 Å². The van der Waals surface area contributed by atoms with Gasteiger partial charge in [-0.2, -0.15) is 5.26 Å². The highest BCUT2D eigenvalue weighted by atomic mass is 19.4. The van der Waals surface area contributed by atoms with Crippen molar-refractivity contribution in [2.75, 3.05) is 5.73 Å². The van der Waals surface area contributed by atoms with E-state index in [2.05, 4.69) is 9.72 Å². The minimum atomic E-state index is -4.92. The molecule has 5 nitrogen and oxygen atoms in total. The minimum Gasteiger partial charge on any atom is -0.403 e. The first-order valence-corrected chi connectivity index (χ1v) is 3.93. The standard InChI is InChI=1S/C8H6F3N3O2/c9-8(10,11)16-6-1-4(2-12)14-5(3-15)7(6)13/h1,15H,3,13H2. The molecule has 0 aliphatic carbocycles. The fourth-order valence-electron chi connectivity index (χ4n) is 0.969. The Bertz CT molecular complexity index is 439. The van der Waals surface area contributed by atoms with Gasteiger partial charge >= 0.3 is 6.36 Å². The van der Waals surface area contributed by atoms with Crippen LogP contribution in [0.3, 0.4) is 0 Å². The second-order valence-corrected chi connectivity index (χ2v) is 2.68. The number of anilines is 1. The van der Waals surface area contributed by atoms with Gasteiger partial charge in [0, 0.05) is 6.07 Å². The van der Waals surface area contributed by atoms with E-state index < -0.39 is 24.4 Å². The Labute approximate surface area is 87.9 Å². The Morgan fingerprint density at radius 2 is 2.19 bits per heavy atom. The number of alkyl halides is 3. The van der Waals surface area contributed by atoms with Crippen molar-refractivity contribution in [1.29, 1.82) is 5.26 Å². The van der Waals surface area contributed by atoms with Gasteiger partial charge < -0.3 is 15.6 Å². The molecule has 0 amide bonds. The SMILES string of the molecule is N#Cc1cc(OC(F)(F)F)c(N)c(CO)n1. The summed E-state index contributed by atoms with van der Waals surface area (Å²) in [5.41, 5.74) is 4.26. The lowest BCUT2D eigenvalue weighted by atomic mass is 10.2. The first kappa shape index (κ1) is 12.1. The van der Waals surface area contributed by atoms with E-state index >= 15 is 0 Å². The number of nitrogens with zero attached hydrogens (tertiary/aromatic N) is 2. The molecule has 1 heterocycles. The molecule has 1 rings (SSSR count). The summed E-state index contributed by atoms with van der Waals surface area (Å²) in [7, 11) is 0. The summed E-state index contributed by atoms with van der Waals surface area (Å²) in [4.78, 5) is 3.52. The van der Waals surface area contributed by atoms with Crippen LogP contribution in [0.1, 0.15) is 11.4 Å². The van der Waals surface area contributed by atoms with E-state index in [-0.39, 0.29) is 11.4 Å². The molecule has 0 atom stereocenters. The molecule has 16 heavy (non-hydrogen) atoms. The van der Waals surface area contributed by atoms with Gasteiger partial charge in [-0.05, 0) is 0 Å². The van der Waals surface area contributed by atoms with Crippen molar-refractivity contribution in [2.45, 2.75) is 13.0 Å². The van der Waals surface area contributed by atoms with E-state index in [9.17, 15) is 13.2 Å². The third-order valence-corrected chi connectivity index (χ3v) is 1.59. The number of nitriles is 1. The number of hydrogen-bond acceptors (Lipinski definition) is 5. The number of hydrogen-bond donors (Lipinski definition) is 2. The Balaban J connectivity index is 3.23. The third-order valence-electron chi connectivity index (χ3n) is 1.59. The van der Waals surface area contributed by atoms with E-state index in [4.69, 9.17) is 16.1 Å². The molecule has 86 valence electrons. The van der Waals surface area contributed by atoms with Crippen molar-refractivity contribution in [1.82, 2.24) is 4.98 Å². The Morgan fingerprint density at radius 1 is 1.56 bits per heavy atom. The van der Waals surface area contributed by atoms with Crippen LogP contribution < -0.4 is 10.5 Å². The number of nitrogens with two attached hydrogens (primary N) is 1. The fraction of sp³-hybridized carbons (Fsp3) is 0.250. The minimum absolute atomic E-state index is 0.238. The lowest BCUT2D eigenvalue weighted by Crippen LogP contribution is -2.19. The van der Waals surface area contributed by atoms with Crippen LogP contribution in [0.4, 0.5) is 18.9 Å². The molecule has 0 bridgehead atoms. The van der Waals surface area contributed by atoms with E-state index in [1.54, 1.807) is 0 Å². The number of rotatable bonds is 2. The molecule has 3 N–H and O–H groups in total. The van der Waals surface area contributed by atoms with Crippen molar-refractivity contribution in [2.24, 2.45) is 0 Å². The molecule has 0 spiro atoms. The van der Waals surface area contributed by atoms with Gasteiger partial charge in [-0.15, -0.1) is 13.2 Å². The molecule has 0 saturated carbocycles. The molecule has 0 aliphatic heterocycles. The zero-order chi connectivity index (χ0) is 12.3. The Hall–Kier alpha value is -2.01. The highest BCUT2D eigenvalue weighted by Gasteiger charge is 2.32. The Morgan fingerprint density at radius 3 is 2.62 bits per heavy atom. The molecule has 0 radical (unpaired) electrons. The largest absolute Gasteiger partial charge is 0.573 e. The van der Waals surface area contributed by atoms with E-state index in [1.807, 2.05) is 0 Å². The number of nitrogen functional groups attached to an aromatic ring is 1. The monoisotopic (exact) mass is 233 g/mol. The van der Waals surface area contributed by atoms with Crippen LogP contribution in [-0.2, 0) is 6.61 Å². The average Bonchev–Trinajstić information content (AvgIpc) is 2.19. The van der Waals surface area contributed by atoms with E-state index in [0.29, 0.717) is 0 Å². The molecule has 0 unspecified atom stereocenters. The van der Waals surface area contributed by atoms with Crippen molar-refractivity contribution < 1.29 is 23.0 Å². The second-order valence-electron chi connectivity index (χ2n) is 2.68. The summed E-state index contributed by atoms with van der Waals surface area (Å²) >= 11 is 0. The Kier molecular flexibility index (Phi) is 3.20. The predicted molar refractivity (Wildman–Crippen MR) is 46.0 cm³/mol. The third kappa shape index (κ3) is 2.74. The van der Waals surface area contributed by atoms with Gasteiger partial charge in [0.2, 0.25) is 0 Å². The van der Waals surface area contributed by atoms with Crippen LogP contribution in [0.5, 0.6) is 5.75 Å². The molecule has 0 aromatic carbocycles. The quantitative estimate of drug-likeness (QED) is 0.792. The predicted octanol–water partition coefficient (Wildman–Crippen LogP) is 0.926. The number of halogens is 3. The van der Waals surface area contributed by atoms with Crippen molar-refractivity contribution in [3.63, 3.8) is 0 Å². The smallest absolute Gasteiger partial charge is 0.403 e. The number of pyridine rings is 1. The molecule has 8 heteroatoms. The maximum atomic E-state index is 11.9. The molecule has 1 aromatic rings. The molecule has 0 aliphatic rings. The lowest BCUT2D eigenvalue weighted by Gasteiger charge is -2.12. The zero-order valence-electron chi connectivity index (χ0n) is 7.75. The number of ether oxygens (including phenoxy) is 1. The maximum Gasteiger partial charge on any atom is 0.573 e. The van der Waals surface area contributed by atoms with Crippen molar-refractivity contribution in [3.8, 4) is 11.8 Å². The van der Waals surface area contributed by atoms with Crippen LogP contribution in [-0.4, -0.2) is 16.5 Å². The number of aliphatic hydroxyl groups is 1. The summed E-state index contributed by atoms with van der Waals surface area (Å²) in [6.07, 6.45) is -4.92. The first-order valence-electron chi connectivity index (χ1n) is 3.93. The van der Waals surface area contributed by atoms with Crippen LogP contribution in [0.15, 0.2) is 6.07 Å². The molecular formula is C8H6F3N3O2. The topological polar surface area (TPSA) is 92.2 Å². The van der Waals surface area contributed by atoms with Gasteiger partial charge in [0.05, 0.1) is 18.0 Å². The van der Waals surface area contributed by atoms with Gasteiger partial charge in [-0.3, -0.25) is 0 Å². The maximum absolute atomic E-state index is 11.9. The van der Waals surface area contributed by atoms with Crippen molar-refractivity contribution in [3.05, 3.63) is 17.5 Å². The summed E-state index contributed by atoms with van der Waals surface area (Å²) in [6, 6.07) is 2.28. The highest BCUT2D eigenvalue weighted by molar-refractivity contribution is 5.57. The van der Waals surface area contributed by atoms with Crippen LogP contribution in [0.2, 0.25) is 0 Å². The van der Waals surface area contributed by atoms with Crippen LogP contribution >= 0.6 is 0 Å². The average molecular weight is 233 g/mol. The molecule has 1 aromatic heterocycles. The normalized spacial score (nSPS) is 10.9. The second kappa shape index (κ2) is 4.24.